The molecule has 1 atom stereocenters. The van der Waals surface area contributed by atoms with Gasteiger partial charge in [0.25, 0.3) is 0 Å². The second-order valence-electron chi connectivity index (χ2n) is 4.08. The summed E-state index contributed by atoms with van der Waals surface area (Å²) in [5.74, 6) is 0.769. The van der Waals surface area contributed by atoms with Gasteiger partial charge in [-0.25, -0.2) is 0 Å². The van der Waals surface area contributed by atoms with E-state index in [1.165, 1.54) is 6.42 Å². The minimum absolute atomic E-state index is 0.492. The van der Waals surface area contributed by atoms with Gasteiger partial charge in [-0.1, -0.05) is 34.6 Å². The lowest BCUT2D eigenvalue weighted by Crippen LogP contribution is -2.10. The van der Waals surface area contributed by atoms with Crippen LogP contribution in [0.15, 0.2) is 0 Å². The third-order valence-corrected chi connectivity index (χ3v) is 1.50. The van der Waals surface area contributed by atoms with Crippen LogP contribution < -0.4 is 0 Å². The summed E-state index contributed by atoms with van der Waals surface area (Å²) in [5, 5.41) is 0. The van der Waals surface area contributed by atoms with Crippen molar-refractivity contribution in [1.82, 2.24) is 0 Å². The third-order valence-electron chi connectivity index (χ3n) is 1.50. The molecule has 0 aromatic rings. The van der Waals surface area contributed by atoms with E-state index >= 15 is 0 Å². The molecular formula is C9H19. The van der Waals surface area contributed by atoms with Gasteiger partial charge >= 0.3 is 0 Å². The average molecular weight is 127 g/mol. The highest BCUT2D eigenvalue weighted by Gasteiger charge is 2.13. The van der Waals surface area contributed by atoms with Crippen LogP contribution in [0.3, 0.4) is 0 Å². The van der Waals surface area contributed by atoms with Crippen molar-refractivity contribution in [2.24, 2.45) is 11.3 Å². The molecule has 0 saturated carbocycles. The Kier molecular flexibility index (Phi) is 3.24. The smallest absolute Gasteiger partial charge is 0.0380 e. The van der Waals surface area contributed by atoms with Gasteiger partial charge in [0.2, 0.25) is 0 Å². The summed E-state index contributed by atoms with van der Waals surface area (Å²) in [6.45, 7) is 11.3. The topological polar surface area (TPSA) is 0 Å². The molecule has 0 fully saturated rings. The van der Waals surface area contributed by atoms with Crippen LogP contribution in [0.2, 0.25) is 0 Å². The molecule has 0 aliphatic heterocycles. The van der Waals surface area contributed by atoms with Crippen molar-refractivity contribution in [3.05, 3.63) is 6.42 Å². The third kappa shape index (κ3) is 5.88. The van der Waals surface area contributed by atoms with E-state index in [1.807, 2.05) is 0 Å². The Labute approximate surface area is 59.7 Å². The second kappa shape index (κ2) is 3.24. The van der Waals surface area contributed by atoms with E-state index in [0.717, 1.165) is 5.92 Å². The van der Waals surface area contributed by atoms with Gasteiger partial charge in [0, 0.05) is 0 Å². The number of rotatable bonds is 2. The van der Waals surface area contributed by atoms with Crippen molar-refractivity contribution in [1.29, 1.82) is 0 Å². The molecule has 0 aromatic heterocycles. The molecular weight excluding hydrogens is 108 g/mol. The van der Waals surface area contributed by atoms with Gasteiger partial charge in [-0.15, -0.1) is 0 Å². The summed E-state index contributed by atoms with van der Waals surface area (Å²) in [5.41, 5.74) is 0.492. The Morgan fingerprint density at radius 3 is 1.89 bits per heavy atom. The zero-order chi connectivity index (χ0) is 7.49. The van der Waals surface area contributed by atoms with Crippen molar-refractivity contribution < 1.29 is 0 Å². The van der Waals surface area contributed by atoms with Crippen molar-refractivity contribution in [3.8, 4) is 0 Å². The van der Waals surface area contributed by atoms with Crippen LogP contribution in [-0.2, 0) is 0 Å². The zero-order valence-electron chi connectivity index (χ0n) is 7.36. The fourth-order valence-electron chi connectivity index (χ4n) is 1.08. The van der Waals surface area contributed by atoms with Gasteiger partial charge in [0.1, 0.15) is 0 Å². The predicted octanol–water partition coefficient (Wildman–Crippen LogP) is 3.28. The summed E-state index contributed by atoms with van der Waals surface area (Å²) in [6.07, 6.45) is 3.56. The van der Waals surface area contributed by atoms with Crippen LogP contribution in [0.4, 0.5) is 0 Å². The molecule has 0 heteroatoms. The molecule has 1 unspecified atom stereocenters. The molecule has 9 heavy (non-hydrogen) atoms. The molecule has 0 aliphatic rings. The molecule has 0 spiro atoms. The first-order valence-electron chi connectivity index (χ1n) is 3.75. The van der Waals surface area contributed by atoms with Gasteiger partial charge < -0.3 is 0 Å². The molecule has 55 valence electrons. The van der Waals surface area contributed by atoms with E-state index in [1.54, 1.807) is 0 Å². The van der Waals surface area contributed by atoms with Crippen LogP contribution in [0.25, 0.3) is 0 Å². The van der Waals surface area contributed by atoms with Crippen molar-refractivity contribution in [2.75, 3.05) is 0 Å². The summed E-state index contributed by atoms with van der Waals surface area (Å²) in [4.78, 5) is 0. The fourth-order valence-corrected chi connectivity index (χ4v) is 1.08. The monoisotopic (exact) mass is 127 g/mol. The van der Waals surface area contributed by atoms with Gasteiger partial charge in [-0.3, -0.25) is 0 Å². The Bertz CT molecular complexity index is 66.6. The first kappa shape index (κ1) is 9.00. The maximum absolute atomic E-state index is 2.28. The highest BCUT2D eigenvalue weighted by Crippen LogP contribution is 2.24. The summed E-state index contributed by atoms with van der Waals surface area (Å²) >= 11 is 0. The molecule has 0 N–H and O–H groups in total. The maximum Gasteiger partial charge on any atom is -0.0380 e. The van der Waals surface area contributed by atoms with Crippen LogP contribution in [0, 0.1) is 17.8 Å². The van der Waals surface area contributed by atoms with E-state index in [-0.39, 0.29) is 0 Å². The molecule has 1 radical (unpaired) electrons. The lowest BCUT2D eigenvalue weighted by atomic mass is 9.84. The quantitative estimate of drug-likeness (QED) is 0.534. The lowest BCUT2D eigenvalue weighted by molar-refractivity contribution is 0.327. The Hall–Kier alpha value is 0. The largest absolute Gasteiger partial charge is 0.0622 e. The summed E-state index contributed by atoms with van der Waals surface area (Å²) in [6, 6.07) is 0. The van der Waals surface area contributed by atoms with Gasteiger partial charge in [-0.2, -0.15) is 0 Å². The Morgan fingerprint density at radius 2 is 1.78 bits per heavy atom. The molecule has 0 saturated heterocycles. The highest BCUT2D eigenvalue weighted by atomic mass is 14.2. The molecule has 0 amide bonds. The zero-order valence-corrected chi connectivity index (χ0v) is 7.36. The van der Waals surface area contributed by atoms with E-state index in [2.05, 4.69) is 41.0 Å². The first-order chi connectivity index (χ1) is 3.95. The van der Waals surface area contributed by atoms with Crippen molar-refractivity contribution >= 4 is 0 Å². The molecule has 0 aliphatic carbocycles. The lowest BCUT2D eigenvalue weighted by Gasteiger charge is -2.21. The van der Waals surface area contributed by atoms with E-state index in [0.29, 0.717) is 5.41 Å². The second-order valence-corrected chi connectivity index (χ2v) is 4.08. The van der Waals surface area contributed by atoms with E-state index in [9.17, 15) is 0 Å². The molecule has 0 aromatic carbocycles. The molecule has 0 bridgehead atoms. The molecule has 0 heterocycles. The summed E-state index contributed by atoms with van der Waals surface area (Å²) in [7, 11) is 0. The molecule has 0 rings (SSSR count). The van der Waals surface area contributed by atoms with Crippen LogP contribution >= 0.6 is 0 Å². The molecule has 0 nitrogen and oxygen atoms in total. The van der Waals surface area contributed by atoms with Gasteiger partial charge in [0.15, 0.2) is 0 Å². The fraction of sp³-hybridized carbons (Fsp3) is 0.889. The Balaban J connectivity index is 3.47. The summed E-state index contributed by atoms with van der Waals surface area (Å²) < 4.78 is 0. The van der Waals surface area contributed by atoms with Gasteiger partial charge in [0.05, 0.1) is 0 Å². The van der Waals surface area contributed by atoms with E-state index < -0.39 is 0 Å². The van der Waals surface area contributed by atoms with E-state index in [4.69, 9.17) is 0 Å². The van der Waals surface area contributed by atoms with Gasteiger partial charge in [-0.05, 0) is 24.2 Å². The minimum Gasteiger partial charge on any atom is -0.0622 e. The minimum atomic E-state index is 0.492. The standard InChI is InChI=1S/C9H19/c1-6-8(2)7-9(3,4)5/h6,8H,7H2,1-5H3. The SMILES string of the molecule is C[CH]C(C)CC(C)(C)C. The van der Waals surface area contributed by atoms with Crippen LogP contribution in [0.1, 0.15) is 41.0 Å². The average Bonchev–Trinajstić information content (AvgIpc) is 1.62. The number of hydrogen-bond donors (Lipinski definition) is 0. The van der Waals surface area contributed by atoms with Crippen molar-refractivity contribution in [2.45, 2.75) is 41.0 Å². The van der Waals surface area contributed by atoms with Crippen LogP contribution in [-0.4, -0.2) is 0 Å². The highest BCUT2D eigenvalue weighted by molar-refractivity contribution is 4.73. The Morgan fingerprint density at radius 1 is 1.33 bits per heavy atom. The normalized spacial score (nSPS) is 15.7. The number of hydrogen-bond acceptors (Lipinski definition) is 0. The van der Waals surface area contributed by atoms with Crippen LogP contribution in [0.5, 0.6) is 0 Å². The first-order valence-corrected chi connectivity index (χ1v) is 3.75. The van der Waals surface area contributed by atoms with Crippen molar-refractivity contribution in [3.63, 3.8) is 0 Å². The maximum atomic E-state index is 2.28. The predicted molar refractivity (Wildman–Crippen MR) is 43.2 cm³/mol.